The summed E-state index contributed by atoms with van der Waals surface area (Å²) in [6.07, 6.45) is 0. The average Bonchev–Trinajstić information content (AvgIpc) is 2.91. The summed E-state index contributed by atoms with van der Waals surface area (Å²) in [7, 11) is 0. The predicted octanol–water partition coefficient (Wildman–Crippen LogP) is 4.43. The third-order valence-electron chi connectivity index (χ3n) is 3.25. The van der Waals surface area contributed by atoms with Gasteiger partial charge < -0.3 is 9.63 Å². The molecule has 1 aromatic heterocycles. The van der Waals surface area contributed by atoms with Gasteiger partial charge in [-0.2, -0.15) is 0 Å². The summed E-state index contributed by atoms with van der Waals surface area (Å²) in [4.78, 5) is 0. The molecule has 1 N–H and O–H groups in total. The molecule has 0 saturated carbocycles. The zero-order valence-corrected chi connectivity index (χ0v) is 11.9. The van der Waals surface area contributed by atoms with Crippen LogP contribution >= 0.6 is 11.6 Å². The molecule has 0 aliphatic heterocycles. The lowest BCUT2D eigenvalue weighted by Crippen LogP contribution is -1.92. The highest BCUT2D eigenvalue weighted by molar-refractivity contribution is 6.33. The van der Waals surface area contributed by atoms with Crippen molar-refractivity contribution in [3.63, 3.8) is 0 Å². The Morgan fingerprint density at radius 1 is 1.09 bits per heavy atom. The van der Waals surface area contributed by atoms with Crippen LogP contribution in [0.15, 0.2) is 47.0 Å². The van der Waals surface area contributed by atoms with E-state index in [4.69, 9.17) is 16.1 Å². The summed E-state index contributed by atoms with van der Waals surface area (Å²) < 4.78 is 32.3. The fraction of sp³-hybridized carbons (Fsp3) is 0.0625. The Hall–Kier alpha value is -2.24. The van der Waals surface area contributed by atoms with E-state index in [1.165, 1.54) is 24.3 Å². The Morgan fingerprint density at radius 2 is 1.86 bits per heavy atom. The molecule has 112 valence electrons. The molecule has 0 bridgehead atoms. The van der Waals surface area contributed by atoms with Gasteiger partial charge in [-0.3, -0.25) is 0 Å². The molecule has 1 heterocycles. The lowest BCUT2D eigenvalue weighted by Gasteiger charge is -2.04. The first-order chi connectivity index (χ1) is 10.6. The average molecular weight is 322 g/mol. The quantitative estimate of drug-likeness (QED) is 0.776. The molecule has 0 unspecified atom stereocenters. The fourth-order valence-corrected chi connectivity index (χ4v) is 2.46. The van der Waals surface area contributed by atoms with E-state index in [9.17, 15) is 13.9 Å². The van der Waals surface area contributed by atoms with Crippen molar-refractivity contribution in [3.8, 4) is 22.6 Å². The molecule has 0 fully saturated rings. The maximum atomic E-state index is 13.9. The van der Waals surface area contributed by atoms with Crippen molar-refractivity contribution in [1.82, 2.24) is 5.16 Å². The first-order valence-corrected chi connectivity index (χ1v) is 6.79. The second-order valence-electron chi connectivity index (χ2n) is 4.60. The zero-order valence-electron chi connectivity index (χ0n) is 11.2. The molecule has 0 radical (unpaired) electrons. The van der Waals surface area contributed by atoms with Crippen LogP contribution in [0.1, 0.15) is 5.56 Å². The van der Waals surface area contributed by atoms with Crippen LogP contribution in [0.25, 0.3) is 22.6 Å². The van der Waals surface area contributed by atoms with Gasteiger partial charge in [0.1, 0.15) is 17.3 Å². The number of nitrogens with zero attached hydrogens (tertiary/aromatic N) is 1. The number of hydrogen-bond donors (Lipinski definition) is 1. The lowest BCUT2D eigenvalue weighted by atomic mass is 10.0. The van der Waals surface area contributed by atoms with E-state index in [-0.39, 0.29) is 22.0 Å². The van der Waals surface area contributed by atoms with Crippen LogP contribution in [0.5, 0.6) is 0 Å². The van der Waals surface area contributed by atoms with Crippen LogP contribution < -0.4 is 0 Å². The Morgan fingerprint density at radius 3 is 2.55 bits per heavy atom. The first-order valence-electron chi connectivity index (χ1n) is 6.41. The Labute approximate surface area is 129 Å². The van der Waals surface area contributed by atoms with Crippen molar-refractivity contribution in [2.24, 2.45) is 0 Å². The first kappa shape index (κ1) is 14.7. The summed E-state index contributed by atoms with van der Waals surface area (Å²) in [6.45, 7) is -0.420. The third-order valence-corrected chi connectivity index (χ3v) is 3.56. The topological polar surface area (TPSA) is 46.3 Å². The van der Waals surface area contributed by atoms with Crippen LogP contribution in [0, 0.1) is 11.6 Å². The molecule has 0 aliphatic rings. The SMILES string of the molecule is OCc1c(-c2ccccc2F)noc1-c1ccc(F)cc1Cl. The molecule has 3 rings (SSSR count). The van der Waals surface area contributed by atoms with Gasteiger partial charge in [-0.25, -0.2) is 8.78 Å². The van der Waals surface area contributed by atoms with Crippen LogP contribution in [-0.2, 0) is 6.61 Å². The van der Waals surface area contributed by atoms with Crippen molar-refractivity contribution in [2.45, 2.75) is 6.61 Å². The summed E-state index contributed by atoms with van der Waals surface area (Å²) in [5.41, 5.74) is 1.07. The van der Waals surface area contributed by atoms with Crippen molar-refractivity contribution in [1.29, 1.82) is 0 Å². The lowest BCUT2D eigenvalue weighted by molar-refractivity contribution is 0.281. The van der Waals surface area contributed by atoms with E-state index < -0.39 is 18.2 Å². The van der Waals surface area contributed by atoms with E-state index in [0.717, 1.165) is 6.07 Å². The van der Waals surface area contributed by atoms with Gasteiger partial charge in [0.15, 0.2) is 5.76 Å². The second-order valence-corrected chi connectivity index (χ2v) is 5.01. The normalized spacial score (nSPS) is 10.9. The second kappa shape index (κ2) is 5.87. The molecule has 0 saturated heterocycles. The molecular formula is C16H10ClF2NO2. The molecule has 3 nitrogen and oxygen atoms in total. The Balaban J connectivity index is 2.18. The van der Waals surface area contributed by atoms with Gasteiger partial charge >= 0.3 is 0 Å². The summed E-state index contributed by atoms with van der Waals surface area (Å²) >= 11 is 6.00. The highest BCUT2D eigenvalue weighted by Crippen LogP contribution is 2.36. The van der Waals surface area contributed by atoms with Gasteiger partial charge in [0.2, 0.25) is 0 Å². The number of halogens is 3. The Bertz CT molecular complexity index is 833. The smallest absolute Gasteiger partial charge is 0.174 e. The summed E-state index contributed by atoms with van der Waals surface area (Å²) in [6, 6.07) is 9.78. The van der Waals surface area contributed by atoms with Gasteiger partial charge in [0, 0.05) is 11.1 Å². The van der Waals surface area contributed by atoms with Gasteiger partial charge in [-0.1, -0.05) is 28.9 Å². The van der Waals surface area contributed by atoms with Gasteiger partial charge in [0.25, 0.3) is 0 Å². The van der Waals surface area contributed by atoms with Crippen molar-refractivity contribution >= 4 is 11.6 Å². The monoisotopic (exact) mass is 321 g/mol. The largest absolute Gasteiger partial charge is 0.391 e. The van der Waals surface area contributed by atoms with E-state index in [1.807, 2.05) is 0 Å². The van der Waals surface area contributed by atoms with Crippen LogP contribution in [0.2, 0.25) is 5.02 Å². The number of aliphatic hydroxyl groups is 1. The van der Waals surface area contributed by atoms with Gasteiger partial charge in [0.05, 0.1) is 17.2 Å². The summed E-state index contributed by atoms with van der Waals surface area (Å²) in [5, 5.41) is 13.6. The van der Waals surface area contributed by atoms with E-state index >= 15 is 0 Å². The zero-order chi connectivity index (χ0) is 15.7. The van der Waals surface area contributed by atoms with Crippen LogP contribution in [-0.4, -0.2) is 10.3 Å². The fourth-order valence-electron chi connectivity index (χ4n) is 2.21. The molecule has 0 amide bonds. The van der Waals surface area contributed by atoms with Crippen LogP contribution in [0.3, 0.4) is 0 Å². The van der Waals surface area contributed by atoms with E-state index in [2.05, 4.69) is 5.16 Å². The highest BCUT2D eigenvalue weighted by Gasteiger charge is 2.22. The molecule has 0 atom stereocenters. The van der Waals surface area contributed by atoms with E-state index in [1.54, 1.807) is 12.1 Å². The van der Waals surface area contributed by atoms with Crippen LogP contribution in [0.4, 0.5) is 8.78 Å². The minimum Gasteiger partial charge on any atom is -0.391 e. The highest BCUT2D eigenvalue weighted by atomic mass is 35.5. The Kier molecular flexibility index (Phi) is 3.92. The van der Waals surface area contributed by atoms with Crippen molar-refractivity contribution < 1.29 is 18.4 Å². The third kappa shape index (κ3) is 2.49. The molecular weight excluding hydrogens is 312 g/mol. The number of aliphatic hydroxyl groups excluding tert-OH is 1. The molecule has 6 heteroatoms. The number of hydrogen-bond acceptors (Lipinski definition) is 3. The number of rotatable bonds is 3. The molecule has 3 aromatic rings. The maximum Gasteiger partial charge on any atom is 0.174 e. The molecule has 22 heavy (non-hydrogen) atoms. The maximum absolute atomic E-state index is 13.9. The van der Waals surface area contributed by atoms with Crippen molar-refractivity contribution in [3.05, 3.63) is 64.7 Å². The summed E-state index contributed by atoms with van der Waals surface area (Å²) in [5.74, 6) is -0.791. The predicted molar refractivity (Wildman–Crippen MR) is 78.2 cm³/mol. The molecule has 2 aromatic carbocycles. The van der Waals surface area contributed by atoms with E-state index in [0.29, 0.717) is 11.1 Å². The minimum absolute atomic E-state index is 0.117. The standard InChI is InChI=1S/C16H10ClF2NO2/c17-13-7-9(18)5-6-10(13)16-12(8-21)15(20-22-16)11-3-1-2-4-14(11)19/h1-7,21H,8H2. The number of aromatic nitrogens is 1. The minimum atomic E-state index is -0.492. The molecule has 0 aliphatic carbocycles. The number of benzene rings is 2. The molecule has 0 spiro atoms. The van der Waals surface area contributed by atoms with Gasteiger partial charge in [-0.05, 0) is 30.3 Å². The van der Waals surface area contributed by atoms with Crippen molar-refractivity contribution in [2.75, 3.05) is 0 Å². The van der Waals surface area contributed by atoms with Gasteiger partial charge in [-0.15, -0.1) is 0 Å².